The highest BCUT2D eigenvalue weighted by molar-refractivity contribution is 5.94. The summed E-state index contributed by atoms with van der Waals surface area (Å²) in [5, 5.41) is 11.8. The van der Waals surface area contributed by atoms with Crippen molar-refractivity contribution in [2.75, 3.05) is 6.54 Å². The molecule has 1 amide bonds. The molecule has 1 aromatic heterocycles. The highest BCUT2D eigenvalue weighted by Crippen LogP contribution is 2.48. The Balaban J connectivity index is 1.99. The number of aromatic carboxylic acids is 1. The van der Waals surface area contributed by atoms with Crippen LogP contribution in [0.15, 0.2) is 12.1 Å². The van der Waals surface area contributed by atoms with Crippen LogP contribution in [0.5, 0.6) is 0 Å². The molecular formula is C15H20N2O3. The molecule has 1 saturated carbocycles. The minimum Gasteiger partial charge on any atom is -0.478 e. The molecule has 0 radical (unpaired) electrons. The van der Waals surface area contributed by atoms with Gasteiger partial charge in [-0.3, -0.25) is 4.79 Å². The highest BCUT2D eigenvalue weighted by Gasteiger charge is 2.41. The van der Waals surface area contributed by atoms with Crippen LogP contribution in [0, 0.1) is 12.3 Å². The van der Waals surface area contributed by atoms with Crippen molar-refractivity contribution in [3.8, 4) is 0 Å². The van der Waals surface area contributed by atoms with Gasteiger partial charge >= 0.3 is 5.97 Å². The Morgan fingerprint density at radius 2 is 2.10 bits per heavy atom. The number of hydrogen-bond donors (Lipinski definition) is 2. The van der Waals surface area contributed by atoms with Crippen molar-refractivity contribution in [2.24, 2.45) is 5.41 Å². The molecule has 1 aliphatic carbocycles. The number of carbonyl (C=O) groups is 2. The number of nitrogens with zero attached hydrogens (tertiary/aromatic N) is 1. The second kappa shape index (κ2) is 5.61. The fourth-order valence-corrected chi connectivity index (χ4v) is 2.49. The third-order valence-corrected chi connectivity index (χ3v) is 3.91. The summed E-state index contributed by atoms with van der Waals surface area (Å²) in [4.78, 5) is 27.0. The Morgan fingerprint density at radius 1 is 1.40 bits per heavy atom. The molecule has 5 heteroatoms. The van der Waals surface area contributed by atoms with Gasteiger partial charge in [-0.25, -0.2) is 9.78 Å². The zero-order valence-corrected chi connectivity index (χ0v) is 11.9. The summed E-state index contributed by atoms with van der Waals surface area (Å²) in [5.41, 5.74) is 1.06. The fourth-order valence-electron chi connectivity index (χ4n) is 2.49. The SMILES string of the molecule is CCCC1(CNC(=O)c2ccc(C(=O)O)c(C)n2)CC1. The maximum atomic E-state index is 12.0. The van der Waals surface area contributed by atoms with Gasteiger partial charge in [-0.1, -0.05) is 13.3 Å². The molecule has 0 unspecified atom stereocenters. The first-order valence-electron chi connectivity index (χ1n) is 6.96. The summed E-state index contributed by atoms with van der Waals surface area (Å²) < 4.78 is 0. The van der Waals surface area contributed by atoms with Crippen LogP contribution in [-0.2, 0) is 0 Å². The van der Waals surface area contributed by atoms with E-state index in [1.807, 2.05) is 0 Å². The lowest BCUT2D eigenvalue weighted by molar-refractivity contribution is 0.0694. The quantitative estimate of drug-likeness (QED) is 0.836. The van der Waals surface area contributed by atoms with Crippen LogP contribution in [-0.4, -0.2) is 28.5 Å². The van der Waals surface area contributed by atoms with E-state index in [0.29, 0.717) is 17.7 Å². The van der Waals surface area contributed by atoms with E-state index in [1.165, 1.54) is 25.0 Å². The summed E-state index contributed by atoms with van der Waals surface area (Å²) >= 11 is 0. The van der Waals surface area contributed by atoms with Gasteiger partial charge in [-0.2, -0.15) is 0 Å². The average Bonchev–Trinajstić information content (AvgIpc) is 3.16. The molecule has 20 heavy (non-hydrogen) atoms. The molecule has 2 N–H and O–H groups in total. The molecule has 1 aromatic rings. The van der Waals surface area contributed by atoms with Crippen LogP contribution in [0.3, 0.4) is 0 Å². The van der Waals surface area contributed by atoms with E-state index >= 15 is 0 Å². The van der Waals surface area contributed by atoms with E-state index < -0.39 is 5.97 Å². The number of carboxylic acids is 1. The van der Waals surface area contributed by atoms with Crippen molar-refractivity contribution in [1.82, 2.24) is 10.3 Å². The fraction of sp³-hybridized carbons (Fsp3) is 0.533. The van der Waals surface area contributed by atoms with Crippen molar-refractivity contribution in [2.45, 2.75) is 39.5 Å². The standard InChI is InChI=1S/C15H20N2O3/c1-3-6-15(7-8-15)9-16-13(18)12-5-4-11(14(19)20)10(2)17-12/h4-5H,3,6-9H2,1-2H3,(H,16,18)(H,19,20). The van der Waals surface area contributed by atoms with Gasteiger partial charge in [-0.15, -0.1) is 0 Å². The average molecular weight is 276 g/mol. The summed E-state index contributed by atoms with van der Waals surface area (Å²) in [6, 6.07) is 2.89. The molecule has 0 aromatic carbocycles. The second-order valence-electron chi connectivity index (χ2n) is 5.57. The normalized spacial score (nSPS) is 15.7. The smallest absolute Gasteiger partial charge is 0.337 e. The molecule has 0 saturated heterocycles. The number of carboxylic acid groups (broad SMARTS) is 1. The van der Waals surface area contributed by atoms with Crippen LogP contribution >= 0.6 is 0 Å². The van der Waals surface area contributed by atoms with Gasteiger partial charge in [-0.05, 0) is 43.7 Å². The maximum Gasteiger partial charge on any atom is 0.337 e. The van der Waals surface area contributed by atoms with E-state index in [4.69, 9.17) is 5.11 Å². The van der Waals surface area contributed by atoms with Crippen molar-refractivity contribution < 1.29 is 14.7 Å². The topological polar surface area (TPSA) is 79.3 Å². The van der Waals surface area contributed by atoms with Crippen LogP contribution < -0.4 is 5.32 Å². The van der Waals surface area contributed by atoms with Crippen LogP contribution in [0.25, 0.3) is 0 Å². The summed E-state index contributed by atoms with van der Waals surface area (Å²) in [6.45, 7) is 4.43. The molecule has 2 rings (SSSR count). The zero-order valence-electron chi connectivity index (χ0n) is 11.9. The molecule has 1 heterocycles. The Morgan fingerprint density at radius 3 is 2.60 bits per heavy atom. The Bertz CT molecular complexity index is 536. The highest BCUT2D eigenvalue weighted by atomic mass is 16.4. The third kappa shape index (κ3) is 3.15. The van der Waals surface area contributed by atoms with Crippen LogP contribution in [0.1, 0.15) is 59.1 Å². The number of aryl methyl sites for hydroxylation is 1. The monoisotopic (exact) mass is 276 g/mol. The Labute approximate surface area is 118 Å². The predicted molar refractivity (Wildman–Crippen MR) is 74.8 cm³/mol. The first-order chi connectivity index (χ1) is 9.47. The van der Waals surface area contributed by atoms with Gasteiger partial charge in [0.25, 0.3) is 5.91 Å². The maximum absolute atomic E-state index is 12.0. The summed E-state index contributed by atoms with van der Waals surface area (Å²) in [7, 11) is 0. The molecular weight excluding hydrogens is 256 g/mol. The van der Waals surface area contributed by atoms with Gasteiger partial charge < -0.3 is 10.4 Å². The summed E-state index contributed by atoms with van der Waals surface area (Å²) in [6.07, 6.45) is 4.61. The molecule has 0 bridgehead atoms. The van der Waals surface area contributed by atoms with E-state index in [1.54, 1.807) is 6.92 Å². The Hall–Kier alpha value is -1.91. The van der Waals surface area contributed by atoms with Gasteiger partial charge in [0.15, 0.2) is 0 Å². The van der Waals surface area contributed by atoms with Crippen LogP contribution in [0.4, 0.5) is 0 Å². The van der Waals surface area contributed by atoms with Gasteiger partial charge in [0.2, 0.25) is 0 Å². The summed E-state index contributed by atoms with van der Waals surface area (Å²) in [5.74, 6) is -1.26. The van der Waals surface area contributed by atoms with Crippen molar-refractivity contribution in [1.29, 1.82) is 0 Å². The minimum absolute atomic E-state index is 0.131. The third-order valence-electron chi connectivity index (χ3n) is 3.91. The van der Waals surface area contributed by atoms with Crippen molar-refractivity contribution in [3.63, 3.8) is 0 Å². The molecule has 1 fully saturated rings. The van der Waals surface area contributed by atoms with Gasteiger partial charge in [0, 0.05) is 6.54 Å². The molecule has 0 spiro atoms. The second-order valence-corrected chi connectivity index (χ2v) is 5.57. The van der Waals surface area contributed by atoms with Crippen molar-refractivity contribution in [3.05, 3.63) is 29.1 Å². The lowest BCUT2D eigenvalue weighted by Crippen LogP contribution is -2.31. The number of nitrogens with one attached hydrogen (secondary N) is 1. The number of pyridine rings is 1. The largest absolute Gasteiger partial charge is 0.478 e. The number of hydrogen-bond acceptors (Lipinski definition) is 3. The number of rotatable bonds is 6. The van der Waals surface area contributed by atoms with E-state index in [-0.39, 0.29) is 17.2 Å². The molecule has 0 aliphatic heterocycles. The van der Waals surface area contributed by atoms with E-state index in [0.717, 1.165) is 12.8 Å². The first-order valence-corrected chi connectivity index (χ1v) is 6.96. The lowest BCUT2D eigenvalue weighted by Gasteiger charge is -2.14. The van der Waals surface area contributed by atoms with E-state index in [2.05, 4.69) is 17.2 Å². The predicted octanol–water partition coefficient (Wildman–Crippen LogP) is 2.40. The number of aromatic nitrogens is 1. The number of carbonyl (C=O) groups excluding carboxylic acids is 1. The van der Waals surface area contributed by atoms with Crippen molar-refractivity contribution >= 4 is 11.9 Å². The molecule has 108 valence electrons. The van der Waals surface area contributed by atoms with Gasteiger partial charge in [0.1, 0.15) is 5.69 Å². The lowest BCUT2D eigenvalue weighted by atomic mass is 10.0. The van der Waals surface area contributed by atoms with Gasteiger partial charge in [0.05, 0.1) is 11.3 Å². The zero-order chi connectivity index (χ0) is 14.8. The molecule has 5 nitrogen and oxygen atoms in total. The van der Waals surface area contributed by atoms with Crippen LogP contribution in [0.2, 0.25) is 0 Å². The van der Waals surface area contributed by atoms with E-state index in [9.17, 15) is 9.59 Å². The molecule has 1 aliphatic rings. The number of amides is 1. The first kappa shape index (κ1) is 14.5. The molecule has 0 atom stereocenters. The Kier molecular flexibility index (Phi) is 4.06. The minimum atomic E-state index is -1.03.